The smallest absolute Gasteiger partial charge is 0.462 e. The van der Waals surface area contributed by atoms with Gasteiger partial charge in [0.05, 0.1) is 26.4 Å². The monoisotopic (exact) mass is 1350 g/mol. The number of carbonyl (C=O) groups excluding carboxylic acids is 4. The van der Waals surface area contributed by atoms with Gasteiger partial charge < -0.3 is 33.8 Å². The lowest BCUT2D eigenvalue weighted by Gasteiger charge is -2.21. The summed E-state index contributed by atoms with van der Waals surface area (Å²) in [6.07, 6.45) is 48.7. The fourth-order valence-corrected chi connectivity index (χ4v) is 12.7. The first-order valence-corrected chi connectivity index (χ1v) is 40.8. The standard InChI is InChI=1S/C73H142O17P2/c1-8-9-10-11-30-40-47-54-70(75)83-60-68(89-73(78)57-50-43-36-29-23-26-33-39-46-53-66(6)7)62-87-91(79,80)85-58-67(74)59-86-92(81,82)88-63-69(61-84-71(76)55-48-41-34-27-21-18-14-16-20-25-32-38-45-52-65(4)5)90-72(77)56-49-42-35-28-22-17-13-12-15-19-24-31-37-44-51-64(2)3/h64-69,74H,8-63H2,1-7H3,(H,79,80)(H,81,82)/t67-,68+,69+/m0/s1. The molecule has 92 heavy (non-hydrogen) atoms. The van der Waals surface area contributed by atoms with Gasteiger partial charge in [-0.15, -0.1) is 0 Å². The number of ether oxygens (including phenoxy) is 4. The van der Waals surface area contributed by atoms with Gasteiger partial charge in [-0.05, 0) is 43.4 Å². The highest BCUT2D eigenvalue weighted by Crippen LogP contribution is 2.45. The highest BCUT2D eigenvalue weighted by Gasteiger charge is 2.30. The second kappa shape index (κ2) is 63.8. The van der Waals surface area contributed by atoms with Crippen LogP contribution in [0, 0.1) is 17.8 Å². The lowest BCUT2D eigenvalue weighted by molar-refractivity contribution is -0.161. The van der Waals surface area contributed by atoms with Gasteiger partial charge in [-0.3, -0.25) is 37.3 Å². The van der Waals surface area contributed by atoms with Gasteiger partial charge in [0.25, 0.3) is 0 Å². The van der Waals surface area contributed by atoms with Crippen molar-refractivity contribution in [2.75, 3.05) is 39.6 Å². The van der Waals surface area contributed by atoms with Crippen LogP contribution in [0.5, 0.6) is 0 Å². The summed E-state index contributed by atoms with van der Waals surface area (Å²) < 4.78 is 68.3. The fraction of sp³-hybridized carbons (Fsp3) is 0.945. The third-order valence-electron chi connectivity index (χ3n) is 16.9. The highest BCUT2D eigenvalue weighted by molar-refractivity contribution is 7.47. The normalized spacial score (nSPS) is 14.1. The molecule has 0 saturated carbocycles. The van der Waals surface area contributed by atoms with Crippen molar-refractivity contribution in [3.63, 3.8) is 0 Å². The van der Waals surface area contributed by atoms with Crippen molar-refractivity contribution < 1.29 is 80.2 Å². The number of aliphatic hydroxyl groups excluding tert-OH is 1. The molecule has 0 aliphatic carbocycles. The lowest BCUT2D eigenvalue weighted by atomic mass is 10.0. The Bertz CT molecular complexity index is 1800. The summed E-state index contributed by atoms with van der Waals surface area (Å²) in [5.74, 6) is 0.197. The molecule has 0 aromatic rings. The highest BCUT2D eigenvalue weighted by atomic mass is 31.2. The van der Waals surface area contributed by atoms with E-state index in [1.54, 1.807) is 0 Å². The minimum Gasteiger partial charge on any atom is -0.462 e. The molecule has 0 aliphatic heterocycles. The lowest BCUT2D eigenvalue weighted by Crippen LogP contribution is -2.30. The van der Waals surface area contributed by atoms with Crippen LogP contribution < -0.4 is 0 Å². The zero-order valence-electron chi connectivity index (χ0n) is 60.0. The Morgan fingerprint density at radius 2 is 0.500 bits per heavy atom. The van der Waals surface area contributed by atoms with E-state index in [1.165, 1.54) is 167 Å². The Balaban J connectivity index is 5.20. The van der Waals surface area contributed by atoms with Crippen LogP contribution in [-0.4, -0.2) is 96.7 Å². The van der Waals surface area contributed by atoms with Gasteiger partial charge in [0, 0.05) is 25.7 Å². The summed E-state index contributed by atoms with van der Waals surface area (Å²) in [4.78, 5) is 72.5. The van der Waals surface area contributed by atoms with Gasteiger partial charge in [0.15, 0.2) is 12.2 Å². The van der Waals surface area contributed by atoms with Crippen LogP contribution in [0.3, 0.4) is 0 Å². The quantitative estimate of drug-likeness (QED) is 0.0222. The van der Waals surface area contributed by atoms with Crippen LogP contribution in [0.1, 0.15) is 370 Å². The minimum absolute atomic E-state index is 0.105. The van der Waals surface area contributed by atoms with E-state index in [1.807, 2.05) is 0 Å². The van der Waals surface area contributed by atoms with Crippen LogP contribution in [-0.2, 0) is 65.4 Å². The van der Waals surface area contributed by atoms with Crippen molar-refractivity contribution in [3.05, 3.63) is 0 Å². The van der Waals surface area contributed by atoms with Crippen molar-refractivity contribution in [3.8, 4) is 0 Å². The first kappa shape index (κ1) is 90.1. The number of esters is 4. The summed E-state index contributed by atoms with van der Waals surface area (Å²) >= 11 is 0. The largest absolute Gasteiger partial charge is 0.472 e. The van der Waals surface area contributed by atoms with Crippen molar-refractivity contribution in [1.82, 2.24) is 0 Å². The number of carbonyl (C=O) groups is 4. The predicted octanol–water partition coefficient (Wildman–Crippen LogP) is 21.0. The topological polar surface area (TPSA) is 237 Å². The summed E-state index contributed by atoms with van der Waals surface area (Å²) in [6.45, 7) is 11.9. The molecule has 3 N–H and O–H groups in total. The predicted molar refractivity (Wildman–Crippen MR) is 372 cm³/mol. The summed E-state index contributed by atoms with van der Waals surface area (Å²) in [7, 11) is -9.90. The van der Waals surface area contributed by atoms with Gasteiger partial charge in [-0.25, -0.2) is 9.13 Å². The zero-order valence-corrected chi connectivity index (χ0v) is 61.8. The molecule has 0 saturated heterocycles. The van der Waals surface area contributed by atoms with E-state index in [2.05, 4.69) is 48.5 Å². The number of hydrogen-bond acceptors (Lipinski definition) is 15. The van der Waals surface area contributed by atoms with Gasteiger partial charge in [0.2, 0.25) is 0 Å². The Kier molecular flexibility index (Phi) is 62.4. The van der Waals surface area contributed by atoms with E-state index < -0.39 is 97.5 Å². The van der Waals surface area contributed by atoms with E-state index in [-0.39, 0.29) is 25.7 Å². The average molecular weight is 1350 g/mol. The SMILES string of the molecule is CCCCCCCCCC(=O)OC[C@H](COP(=O)(O)OC[C@H](O)COP(=O)(O)OC[C@@H](COC(=O)CCCCCCCCCCCCCCCC(C)C)OC(=O)CCCCCCCCCCCCCCCCC(C)C)OC(=O)CCCCCCCCCCCC(C)C. The molecular formula is C73H142O17P2. The van der Waals surface area contributed by atoms with Gasteiger partial charge >= 0.3 is 39.5 Å². The second-order valence-electron chi connectivity index (χ2n) is 27.8. The Morgan fingerprint density at radius 1 is 0.293 bits per heavy atom. The minimum atomic E-state index is -4.95. The van der Waals surface area contributed by atoms with Crippen LogP contribution in [0.15, 0.2) is 0 Å². The number of phosphoric ester groups is 2. The molecule has 19 heteroatoms. The molecule has 0 spiro atoms. The molecule has 0 bridgehead atoms. The van der Waals surface area contributed by atoms with E-state index >= 15 is 0 Å². The molecule has 0 heterocycles. The number of rotatable bonds is 71. The molecule has 0 radical (unpaired) electrons. The van der Waals surface area contributed by atoms with E-state index in [0.29, 0.717) is 25.7 Å². The first-order valence-electron chi connectivity index (χ1n) is 37.8. The Hall–Kier alpha value is -1.94. The number of hydrogen-bond donors (Lipinski definition) is 3. The van der Waals surface area contributed by atoms with Crippen LogP contribution in [0.4, 0.5) is 0 Å². The first-order chi connectivity index (χ1) is 44.2. The van der Waals surface area contributed by atoms with Crippen molar-refractivity contribution in [2.45, 2.75) is 388 Å². The van der Waals surface area contributed by atoms with Crippen molar-refractivity contribution in [2.24, 2.45) is 17.8 Å². The molecule has 5 atom stereocenters. The van der Waals surface area contributed by atoms with Crippen molar-refractivity contribution >= 4 is 39.5 Å². The van der Waals surface area contributed by atoms with E-state index in [0.717, 1.165) is 120 Å². The van der Waals surface area contributed by atoms with E-state index in [4.69, 9.17) is 37.0 Å². The molecule has 17 nitrogen and oxygen atoms in total. The van der Waals surface area contributed by atoms with Gasteiger partial charge in [-0.2, -0.15) is 0 Å². The average Bonchev–Trinajstić information content (AvgIpc) is 1.87. The maximum atomic E-state index is 13.1. The zero-order chi connectivity index (χ0) is 68.0. The molecule has 0 fully saturated rings. The summed E-state index contributed by atoms with van der Waals surface area (Å²) in [5.41, 5.74) is 0. The summed E-state index contributed by atoms with van der Waals surface area (Å²) in [6, 6.07) is 0. The summed E-state index contributed by atoms with van der Waals surface area (Å²) in [5, 5.41) is 10.6. The third kappa shape index (κ3) is 66.7. The van der Waals surface area contributed by atoms with Gasteiger partial charge in [0.1, 0.15) is 19.3 Å². The molecule has 546 valence electrons. The number of unbranched alkanes of at least 4 members (excludes halogenated alkanes) is 39. The Morgan fingerprint density at radius 3 is 0.739 bits per heavy atom. The number of phosphoric acid groups is 2. The molecule has 0 amide bonds. The van der Waals surface area contributed by atoms with Gasteiger partial charge in [-0.1, -0.05) is 318 Å². The van der Waals surface area contributed by atoms with Crippen molar-refractivity contribution in [1.29, 1.82) is 0 Å². The molecule has 0 rings (SSSR count). The molecule has 0 aromatic heterocycles. The van der Waals surface area contributed by atoms with E-state index in [9.17, 15) is 43.2 Å². The maximum absolute atomic E-state index is 13.1. The number of aliphatic hydroxyl groups is 1. The maximum Gasteiger partial charge on any atom is 0.472 e. The molecular weight excluding hydrogens is 1210 g/mol. The third-order valence-corrected chi connectivity index (χ3v) is 18.8. The van der Waals surface area contributed by atoms with Crippen LogP contribution in [0.25, 0.3) is 0 Å². The second-order valence-corrected chi connectivity index (χ2v) is 30.7. The molecule has 0 aliphatic rings. The molecule has 0 aromatic carbocycles. The van der Waals surface area contributed by atoms with Crippen LogP contribution >= 0.6 is 15.6 Å². The van der Waals surface area contributed by atoms with Crippen LogP contribution in [0.2, 0.25) is 0 Å². The Labute approximate surface area is 562 Å². The molecule has 2 unspecified atom stereocenters. The fourth-order valence-electron chi connectivity index (χ4n) is 11.1.